The number of hydrogen-bond acceptors (Lipinski definition) is 4. The first-order chi connectivity index (χ1) is 13.8. The van der Waals surface area contributed by atoms with E-state index in [2.05, 4.69) is 17.0 Å². The zero-order valence-corrected chi connectivity index (χ0v) is 17.3. The van der Waals surface area contributed by atoms with E-state index in [-0.39, 0.29) is 17.3 Å². The van der Waals surface area contributed by atoms with Crippen LogP contribution in [0.25, 0.3) is 0 Å². The highest BCUT2D eigenvalue weighted by Gasteiger charge is 2.26. The summed E-state index contributed by atoms with van der Waals surface area (Å²) in [6, 6.07) is 9.80. The summed E-state index contributed by atoms with van der Waals surface area (Å²) in [5.74, 6) is -0.687. The maximum Gasteiger partial charge on any atom is 0.264 e. The molecule has 3 rings (SSSR count). The van der Waals surface area contributed by atoms with Gasteiger partial charge in [-0.3, -0.25) is 9.52 Å². The van der Waals surface area contributed by atoms with Gasteiger partial charge in [-0.1, -0.05) is 31.9 Å². The number of amides is 1. The standard InChI is InChI=1S/C21H25FN2O4S/c1-14-7-3-4-8-17(14)23-21(25)15-11-12-16(22)20(13-15)29(26,27)24-18-9-5-6-10-19(18)28-2/h5-6,9-14,17,24H,3-4,7-8H2,1-2H3,(H,23,25)/t14-,17-/m0/s1. The minimum absolute atomic E-state index is 0.0352. The van der Waals surface area contributed by atoms with E-state index < -0.39 is 26.6 Å². The Hall–Kier alpha value is -2.61. The van der Waals surface area contributed by atoms with Gasteiger partial charge in [0.05, 0.1) is 12.8 Å². The largest absolute Gasteiger partial charge is 0.495 e. The zero-order valence-electron chi connectivity index (χ0n) is 16.4. The Morgan fingerprint density at radius 1 is 1.14 bits per heavy atom. The summed E-state index contributed by atoms with van der Waals surface area (Å²) in [5.41, 5.74) is 0.282. The van der Waals surface area contributed by atoms with Crippen LogP contribution in [-0.4, -0.2) is 27.5 Å². The predicted octanol–water partition coefficient (Wildman–Crippen LogP) is 3.94. The highest BCUT2D eigenvalue weighted by molar-refractivity contribution is 7.92. The Morgan fingerprint density at radius 2 is 1.86 bits per heavy atom. The van der Waals surface area contributed by atoms with Gasteiger partial charge in [-0.15, -0.1) is 0 Å². The monoisotopic (exact) mass is 420 g/mol. The average molecular weight is 421 g/mol. The fourth-order valence-electron chi connectivity index (χ4n) is 3.56. The van der Waals surface area contributed by atoms with Crippen LogP contribution in [0.4, 0.5) is 10.1 Å². The van der Waals surface area contributed by atoms with Crippen molar-refractivity contribution in [2.45, 2.75) is 43.5 Å². The molecule has 2 aromatic rings. The number of methoxy groups -OCH3 is 1. The third-order valence-electron chi connectivity index (χ3n) is 5.26. The molecule has 156 valence electrons. The van der Waals surface area contributed by atoms with Crippen molar-refractivity contribution in [2.24, 2.45) is 5.92 Å². The number of anilines is 1. The number of rotatable bonds is 6. The number of hydrogen-bond donors (Lipinski definition) is 2. The minimum Gasteiger partial charge on any atom is -0.495 e. The second-order valence-electron chi connectivity index (χ2n) is 7.29. The molecule has 8 heteroatoms. The lowest BCUT2D eigenvalue weighted by Crippen LogP contribution is -2.41. The van der Waals surface area contributed by atoms with E-state index >= 15 is 0 Å². The third kappa shape index (κ3) is 4.87. The number of nitrogens with one attached hydrogen (secondary N) is 2. The number of halogens is 1. The molecule has 0 spiro atoms. The molecule has 1 aliphatic rings. The number of ether oxygens (including phenoxy) is 1. The Labute approximate surface area is 170 Å². The highest BCUT2D eigenvalue weighted by Crippen LogP contribution is 2.28. The molecule has 1 fully saturated rings. The first-order valence-electron chi connectivity index (χ1n) is 9.58. The van der Waals surface area contributed by atoms with Gasteiger partial charge in [0.1, 0.15) is 16.5 Å². The fourth-order valence-corrected chi connectivity index (χ4v) is 4.74. The smallest absolute Gasteiger partial charge is 0.264 e. The van der Waals surface area contributed by atoms with Crippen LogP contribution >= 0.6 is 0 Å². The van der Waals surface area contributed by atoms with Crippen molar-refractivity contribution in [3.8, 4) is 5.75 Å². The first kappa shape index (κ1) is 21.1. The molecule has 1 aliphatic carbocycles. The van der Waals surface area contributed by atoms with Gasteiger partial charge in [0, 0.05) is 11.6 Å². The van der Waals surface area contributed by atoms with E-state index in [0.29, 0.717) is 11.7 Å². The molecular formula is C21H25FN2O4S. The van der Waals surface area contributed by atoms with Gasteiger partial charge >= 0.3 is 0 Å². The van der Waals surface area contributed by atoms with E-state index in [9.17, 15) is 17.6 Å². The molecule has 0 unspecified atom stereocenters. The highest BCUT2D eigenvalue weighted by atomic mass is 32.2. The summed E-state index contributed by atoms with van der Waals surface area (Å²) >= 11 is 0. The van der Waals surface area contributed by atoms with E-state index in [1.165, 1.54) is 19.2 Å². The number of benzene rings is 2. The van der Waals surface area contributed by atoms with Gasteiger partial charge in [0.2, 0.25) is 0 Å². The minimum atomic E-state index is -4.26. The van der Waals surface area contributed by atoms with Crippen molar-refractivity contribution < 1.29 is 22.3 Å². The van der Waals surface area contributed by atoms with Crippen LogP contribution in [0.3, 0.4) is 0 Å². The van der Waals surface area contributed by atoms with E-state index in [1.54, 1.807) is 18.2 Å². The molecule has 1 saturated carbocycles. The molecule has 2 atom stereocenters. The molecule has 0 aromatic heterocycles. The molecule has 0 aliphatic heterocycles. The Bertz CT molecular complexity index is 994. The molecular weight excluding hydrogens is 395 g/mol. The fraction of sp³-hybridized carbons (Fsp3) is 0.381. The van der Waals surface area contributed by atoms with Gasteiger partial charge in [0.25, 0.3) is 15.9 Å². The summed E-state index contributed by atoms with van der Waals surface area (Å²) in [5, 5.41) is 2.95. The molecule has 29 heavy (non-hydrogen) atoms. The zero-order chi connectivity index (χ0) is 21.0. The summed E-state index contributed by atoms with van der Waals surface area (Å²) in [6.45, 7) is 2.09. The first-order valence-corrected chi connectivity index (χ1v) is 11.1. The molecule has 2 aromatic carbocycles. The van der Waals surface area contributed by atoms with Gasteiger partial charge in [-0.2, -0.15) is 0 Å². The lowest BCUT2D eigenvalue weighted by Gasteiger charge is -2.29. The molecule has 0 heterocycles. The molecule has 0 radical (unpaired) electrons. The van der Waals surface area contributed by atoms with E-state index in [0.717, 1.165) is 37.8 Å². The normalized spacial score (nSPS) is 19.4. The average Bonchev–Trinajstić information content (AvgIpc) is 2.70. The van der Waals surface area contributed by atoms with Crippen molar-refractivity contribution in [3.63, 3.8) is 0 Å². The van der Waals surface area contributed by atoms with Crippen LogP contribution < -0.4 is 14.8 Å². The Balaban J connectivity index is 1.85. The van der Waals surface area contributed by atoms with Crippen LogP contribution in [0.2, 0.25) is 0 Å². The van der Waals surface area contributed by atoms with Crippen molar-refractivity contribution in [1.29, 1.82) is 0 Å². The van der Waals surface area contributed by atoms with Gasteiger partial charge < -0.3 is 10.1 Å². The summed E-state index contributed by atoms with van der Waals surface area (Å²) < 4.78 is 47.3. The maximum atomic E-state index is 14.4. The SMILES string of the molecule is COc1ccccc1NS(=O)(=O)c1cc(C(=O)N[C@H]2CCCC[C@@H]2C)ccc1F. The van der Waals surface area contributed by atoms with Gasteiger partial charge in [-0.25, -0.2) is 12.8 Å². The molecule has 0 bridgehead atoms. The number of sulfonamides is 1. The van der Waals surface area contributed by atoms with Crippen LogP contribution in [-0.2, 0) is 10.0 Å². The summed E-state index contributed by atoms with van der Waals surface area (Å²) in [4.78, 5) is 12.0. The molecule has 0 saturated heterocycles. The molecule has 2 N–H and O–H groups in total. The summed E-state index contributed by atoms with van der Waals surface area (Å²) in [7, 11) is -2.85. The summed E-state index contributed by atoms with van der Waals surface area (Å²) in [6.07, 6.45) is 4.10. The Kier molecular flexibility index (Phi) is 6.42. The predicted molar refractivity (Wildman–Crippen MR) is 109 cm³/mol. The maximum absolute atomic E-state index is 14.4. The van der Waals surface area contributed by atoms with Crippen molar-refractivity contribution in [2.75, 3.05) is 11.8 Å². The van der Waals surface area contributed by atoms with Crippen LogP contribution in [0.5, 0.6) is 5.75 Å². The molecule has 1 amide bonds. The number of para-hydroxylation sites is 2. The van der Waals surface area contributed by atoms with Crippen LogP contribution in [0, 0.1) is 11.7 Å². The second-order valence-corrected chi connectivity index (χ2v) is 8.94. The van der Waals surface area contributed by atoms with E-state index in [1.807, 2.05) is 0 Å². The lowest BCUT2D eigenvalue weighted by atomic mass is 9.86. The van der Waals surface area contributed by atoms with Crippen LogP contribution in [0.15, 0.2) is 47.4 Å². The van der Waals surface area contributed by atoms with Crippen molar-refractivity contribution in [1.82, 2.24) is 5.32 Å². The van der Waals surface area contributed by atoms with Crippen molar-refractivity contribution >= 4 is 21.6 Å². The number of carbonyl (C=O) groups is 1. The van der Waals surface area contributed by atoms with Crippen molar-refractivity contribution in [3.05, 3.63) is 53.8 Å². The number of carbonyl (C=O) groups excluding carboxylic acids is 1. The quantitative estimate of drug-likeness (QED) is 0.741. The van der Waals surface area contributed by atoms with Gasteiger partial charge in [-0.05, 0) is 49.1 Å². The van der Waals surface area contributed by atoms with Crippen LogP contribution in [0.1, 0.15) is 43.0 Å². The second kappa shape index (κ2) is 8.82. The lowest BCUT2D eigenvalue weighted by molar-refractivity contribution is 0.0910. The van der Waals surface area contributed by atoms with Gasteiger partial charge in [0.15, 0.2) is 0 Å². The topological polar surface area (TPSA) is 84.5 Å². The van der Waals surface area contributed by atoms with E-state index in [4.69, 9.17) is 4.74 Å². The third-order valence-corrected chi connectivity index (χ3v) is 6.64. The molecule has 6 nitrogen and oxygen atoms in total. The Morgan fingerprint density at radius 3 is 2.59 bits per heavy atom.